The van der Waals surface area contributed by atoms with Crippen LogP contribution in [-0.2, 0) is 0 Å². The summed E-state index contributed by atoms with van der Waals surface area (Å²) >= 11 is 0. The molecule has 0 atom stereocenters. The third-order valence-corrected chi connectivity index (χ3v) is 3.56. The Balaban J connectivity index is 2.72. The van der Waals surface area contributed by atoms with Crippen molar-refractivity contribution in [3.63, 3.8) is 0 Å². The van der Waals surface area contributed by atoms with E-state index in [0.717, 1.165) is 57.8 Å². The predicted octanol–water partition coefficient (Wildman–Crippen LogP) is 6.12. The molecule has 0 spiro atoms. The van der Waals surface area contributed by atoms with Gasteiger partial charge in [-0.1, -0.05) is 40.0 Å². The van der Waals surface area contributed by atoms with E-state index in [2.05, 4.69) is 35.7 Å². The number of nitrogens with zero attached hydrogens (tertiary/aromatic N) is 3. The van der Waals surface area contributed by atoms with Crippen LogP contribution >= 0.6 is 0 Å². The summed E-state index contributed by atoms with van der Waals surface area (Å²) in [6.45, 7) is 6.45. The van der Waals surface area contributed by atoms with E-state index in [1.54, 1.807) is 18.8 Å². The Morgan fingerprint density at radius 3 is 1.11 bits per heavy atom. The largest absolute Gasteiger partial charge is 0.432 e. The van der Waals surface area contributed by atoms with Crippen molar-refractivity contribution in [2.45, 2.75) is 78.6 Å². The smallest absolute Gasteiger partial charge is 0.330 e. The predicted molar refractivity (Wildman–Crippen MR) is 108 cm³/mol. The summed E-state index contributed by atoms with van der Waals surface area (Å²) in [5, 5.41) is 0. The van der Waals surface area contributed by atoms with E-state index in [4.69, 9.17) is 14.2 Å². The number of unbranched alkanes of at least 4 members (excludes halogenated alkanes) is 6. The fraction of sp³-hybridized carbons (Fsp3) is 0.571. The lowest BCUT2D eigenvalue weighted by atomic mass is 10.2. The highest BCUT2D eigenvalue weighted by Gasteiger charge is 2.08. The lowest BCUT2D eigenvalue weighted by Crippen LogP contribution is -2.00. The molecular weight excluding hydrogens is 342 g/mol. The van der Waals surface area contributed by atoms with Gasteiger partial charge in [0.1, 0.15) is 0 Å². The van der Waals surface area contributed by atoms with Crippen LogP contribution in [0.5, 0.6) is 18.0 Å². The third kappa shape index (κ3) is 11.8. The van der Waals surface area contributed by atoms with E-state index < -0.39 is 0 Å². The quantitative estimate of drug-likeness (QED) is 0.272. The Bertz CT molecular complexity index is 493. The first-order chi connectivity index (χ1) is 13.3. The van der Waals surface area contributed by atoms with Gasteiger partial charge >= 0.3 is 18.0 Å². The molecule has 0 radical (unpaired) electrons. The minimum atomic E-state index is 0.145. The molecule has 27 heavy (non-hydrogen) atoms. The zero-order valence-corrected chi connectivity index (χ0v) is 16.9. The number of ether oxygens (including phenoxy) is 3. The number of aromatic nitrogens is 3. The fourth-order valence-corrected chi connectivity index (χ4v) is 1.98. The van der Waals surface area contributed by atoms with Crippen molar-refractivity contribution in [1.29, 1.82) is 0 Å². The van der Waals surface area contributed by atoms with Crippen LogP contribution in [0.4, 0.5) is 0 Å². The van der Waals surface area contributed by atoms with E-state index in [0.29, 0.717) is 0 Å². The van der Waals surface area contributed by atoms with Crippen molar-refractivity contribution in [2.75, 3.05) is 0 Å². The van der Waals surface area contributed by atoms with Crippen LogP contribution in [0.25, 0.3) is 0 Å². The highest BCUT2D eigenvalue weighted by molar-refractivity contribution is 5.11. The first-order valence-electron chi connectivity index (χ1n) is 10.0. The monoisotopic (exact) mass is 375 g/mol. The number of rotatable bonds is 15. The maximum atomic E-state index is 5.47. The standard InChI is InChI=1S/C21H33N3O3/c1-4-7-10-13-16-25-19-22-20(26-17-14-11-8-5-2)24-21(23-19)27-18-15-12-9-6-3/h13-18H,4-12H2,1-3H3/b16-13+,17-14+,18-15+. The molecule has 6 heteroatoms. The summed E-state index contributed by atoms with van der Waals surface area (Å²) in [6.07, 6.45) is 20.2. The molecule has 1 aromatic heterocycles. The van der Waals surface area contributed by atoms with Crippen LogP contribution in [0.15, 0.2) is 37.0 Å². The van der Waals surface area contributed by atoms with Crippen LogP contribution in [0.2, 0.25) is 0 Å². The Morgan fingerprint density at radius 1 is 0.556 bits per heavy atom. The Kier molecular flexibility index (Phi) is 13.3. The van der Waals surface area contributed by atoms with Gasteiger partial charge < -0.3 is 14.2 Å². The van der Waals surface area contributed by atoms with Crippen LogP contribution < -0.4 is 14.2 Å². The number of allylic oxidation sites excluding steroid dienone is 3. The molecule has 6 nitrogen and oxygen atoms in total. The summed E-state index contributed by atoms with van der Waals surface area (Å²) in [7, 11) is 0. The lowest BCUT2D eigenvalue weighted by Gasteiger charge is -2.04. The first-order valence-corrected chi connectivity index (χ1v) is 10.0. The minimum absolute atomic E-state index is 0.145. The van der Waals surface area contributed by atoms with Gasteiger partial charge in [0.2, 0.25) is 0 Å². The summed E-state index contributed by atoms with van der Waals surface area (Å²) < 4.78 is 16.4. The third-order valence-electron chi connectivity index (χ3n) is 3.56. The fourth-order valence-electron chi connectivity index (χ4n) is 1.98. The van der Waals surface area contributed by atoms with Gasteiger partial charge in [0.15, 0.2) is 0 Å². The maximum absolute atomic E-state index is 5.47. The van der Waals surface area contributed by atoms with Crippen molar-refractivity contribution in [2.24, 2.45) is 0 Å². The SMILES string of the molecule is CCCC/C=C/Oc1nc(O/C=C/CCCC)nc(O/C=C/CCCC)n1. The van der Waals surface area contributed by atoms with Gasteiger partial charge in [-0.2, -0.15) is 0 Å². The number of hydrogen-bond acceptors (Lipinski definition) is 6. The van der Waals surface area contributed by atoms with Gasteiger partial charge in [-0.05, 0) is 56.8 Å². The van der Waals surface area contributed by atoms with E-state index >= 15 is 0 Å². The second-order valence-electron chi connectivity index (χ2n) is 6.08. The van der Waals surface area contributed by atoms with E-state index in [1.807, 2.05) is 18.2 Å². The molecule has 0 aliphatic rings. The molecule has 0 saturated carbocycles. The lowest BCUT2D eigenvalue weighted by molar-refractivity contribution is 0.358. The highest BCUT2D eigenvalue weighted by atomic mass is 16.5. The van der Waals surface area contributed by atoms with E-state index in [-0.39, 0.29) is 18.0 Å². The molecule has 1 aromatic rings. The highest BCUT2D eigenvalue weighted by Crippen LogP contribution is 2.16. The van der Waals surface area contributed by atoms with Gasteiger partial charge in [-0.3, -0.25) is 0 Å². The van der Waals surface area contributed by atoms with Gasteiger partial charge in [0.25, 0.3) is 0 Å². The summed E-state index contributed by atoms with van der Waals surface area (Å²) in [5.74, 6) is 0. The van der Waals surface area contributed by atoms with Crippen molar-refractivity contribution in [3.05, 3.63) is 37.0 Å². The normalized spacial score (nSPS) is 11.7. The molecular formula is C21H33N3O3. The molecule has 1 heterocycles. The summed E-state index contributed by atoms with van der Waals surface area (Å²) in [4.78, 5) is 12.5. The summed E-state index contributed by atoms with van der Waals surface area (Å²) in [5.41, 5.74) is 0. The molecule has 0 aromatic carbocycles. The van der Waals surface area contributed by atoms with Gasteiger partial charge in [-0.25, -0.2) is 0 Å². The zero-order chi connectivity index (χ0) is 19.6. The second-order valence-corrected chi connectivity index (χ2v) is 6.08. The molecule has 0 N–H and O–H groups in total. The average Bonchev–Trinajstić information content (AvgIpc) is 2.67. The minimum Gasteiger partial charge on any atom is -0.432 e. The first kappa shape index (κ1) is 22.7. The van der Waals surface area contributed by atoms with Crippen molar-refractivity contribution in [3.8, 4) is 18.0 Å². The van der Waals surface area contributed by atoms with Crippen LogP contribution in [0.3, 0.4) is 0 Å². The van der Waals surface area contributed by atoms with Crippen LogP contribution in [0.1, 0.15) is 78.6 Å². The van der Waals surface area contributed by atoms with Crippen molar-refractivity contribution < 1.29 is 14.2 Å². The van der Waals surface area contributed by atoms with Gasteiger partial charge in [0.05, 0.1) is 18.8 Å². The molecule has 0 aliphatic carbocycles. The topological polar surface area (TPSA) is 66.4 Å². The molecule has 0 bridgehead atoms. The van der Waals surface area contributed by atoms with E-state index in [1.165, 1.54) is 0 Å². The molecule has 1 rings (SSSR count). The van der Waals surface area contributed by atoms with Gasteiger partial charge in [0, 0.05) is 0 Å². The maximum Gasteiger partial charge on any atom is 0.330 e. The van der Waals surface area contributed by atoms with Gasteiger partial charge in [-0.15, -0.1) is 15.0 Å². The zero-order valence-electron chi connectivity index (χ0n) is 16.9. The Morgan fingerprint density at radius 2 is 0.852 bits per heavy atom. The average molecular weight is 376 g/mol. The Labute approximate surface area is 163 Å². The number of hydrogen-bond donors (Lipinski definition) is 0. The second kappa shape index (κ2) is 15.9. The van der Waals surface area contributed by atoms with Crippen molar-refractivity contribution in [1.82, 2.24) is 15.0 Å². The Hall–Kier alpha value is -2.37. The molecule has 0 fully saturated rings. The van der Waals surface area contributed by atoms with E-state index in [9.17, 15) is 0 Å². The molecule has 150 valence electrons. The molecule has 0 amide bonds. The van der Waals surface area contributed by atoms with Crippen molar-refractivity contribution >= 4 is 0 Å². The summed E-state index contributed by atoms with van der Waals surface area (Å²) in [6, 6.07) is 0.435. The molecule has 0 unspecified atom stereocenters. The van der Waals surface area contributed by atoms with Crippen LogP contribution in [0, 0.1) is 0 Å². The molecule has 0 aliphatic heterocycles. The molecule has 0 saturated heterocycles. The van der Waals surface area contributed by atoms with Crippen LogP contribution in [-0.4, -0.2) is 15.0 Å².